The van der Waals surface area contributed by atoms with Gasteiger partial charge in [0.1, 0.15) is 23.6 Å². The van der Waals surface area contributed by atoms with E-state index in [1.807, 2.05) is 32.9 Å². The molecule has 1 amide bonds. The van der Waals surface area contributed by atoms with Gasteiger partial charge in [-0.05, 0) is 32.5 Å². The first kappa shape index (κ1) is 14.7. The van der Waals surface area contributed by atoms with Crippen LogP contribution in [0.15, 0.2) is 12.1 Å². The third kappa shape index (κ3) is 2.88. The highest BCUT2D eigenvalue weighted by Crippen LogP contribution is 2.37. The van der Waals surface area contributed by atoms with Crippen molar-refractivity contribution in [1.82, 2.24) is 5.32 Å². The lowest BCUT2D eigenvalue weighted by molar-refractivity contribution is -0.120. The van der Waals surface area contributed by atoms with Crippen LogP contribution in [-0.4, -0.2) is 25.2 Å². The Kier molecular flexibility index (Phi) is 4.49. The Morgan fingerprint density at radius 1 is 1.55 bits per heavy atom. The van der Waals surface area contributed by atoms with E-state index < -0.39 is 11.9 Å². The van der Waals surface area contributed by atoms with Gasteiger partial charge < -0.3 is 20.5 Å². The number of nitrogens with two attached hydrogens (primary N) is 1. The van der Waals surface area contributed by atoms with Gasteiger partial charge in [-0.1, -0.05) is 6.92 Å². The number of rotatable bonds is 6. The first-order valence-corrected chi connectivity index (χ1v) is 7.05. The Labute approximate surface area is 119 Å². The number of hydrogen-bond acceptors (Lipinski definition) is 4. The minimum absolute atomic E-state index is 0.154. The lowest BCUT2D eigenvalue weighted by atomic mass is 10.0. The zero-order valence-corrected chi connectivity index (χ0v) is 12.2. The first-order valence-electron chi connectivity index (χ1n) is 7.05. The summed E-state index contributed by atoms with van der Waals surface area (Å²) in [6.45, 7) is 7.06. The Hall–Kier alpha value is -1.75. The zero-order valence-electron chi connectivity index (χ0n) is 12.2. The molecule has 1 heterocycles. The highest BCUT2D eigenvalue weighted by atomic mass is 16.5. The number of likely N-dealkylation sites (N-methyl/N-ethyl adjacent to an activating group) is 1. The molecule has 20 heavy (non-hydrogen) atoms. The van der Waals surface area contributed by atoms with Crippen LogP contribution in [0.3, 0.4) is 0 Å². The Morgan fingerprint density at radius 2 is 2.30 bits per heavy atom. The fourth-order valence-corrected chi connectivity index (χ4v) is 2.53. The molecular formula is C15H22N2O3. The topological polar surface area (TPSA) is 73.6 Å². The van der Waals surface area contributed by atoms with E-state index in [2.05, 4.69) is 5.32 Å². The molecule has 2 rings (SSSR count). The number of carbonyl (C=O) groups is 1. The van der Waals surface area contributed by atoms with E-state index in [1.165, 1.54) is 0 Å². The second-order valence-corrected chi connectivity index (χ2v) is 4.96. The van der Waals surface area contributed by atoms with Crippen molar-refractivity contribution in [2.75, 3.05) is 13.2 Å². The predicted octanol–water partition coefficient (Wildman–Crippen LogP) is 1.54. The van der Waals surface area contributed by atoms with Crippen molar-refractivity contribution >= 4 is 5.91 Å². The monoisotopic (exact) mass is 278 g/mol. The fraction of sp³-hybridized carbons (Fsp3) is 0.533. The Morgan fingerprint density at radius 3 is 2.90 bits per heavy atom. The number of hydrogen-bond donors (Lipinski definition) is 2. The largest absolute Gasteiger partial charge is 0.494 e. The summed E-state index contributed by atoms with van der Waals surface area (Å²) >= 11 is 0. The summed E-state index contributed by atoms with van der Waals surface area (Å²) in [5.41, 5.74) is 7.35. The molecule has 0 fully saturated rings. The van der Waals surface area contributed by atoms with Crippen LogP contribution in [0.5, 0.6) is 11.5 Å². The van der Waals surface area contributed by atoms with E-state index in [9.17, 15) is 4.79 Å². The third-order valence-electron chi connectivity index (χ3n) is 3.33. The maximum absolute atomic E-state index is 11.7. The van der Waals surface area contributed by atoms with Crippen molar-refractivity contribution in [1.29, 1.82) is 0 Å². The van der Waals surface area contributed by atoms with Gasteiger partial charge in [0.25, 0.3) is 0 Å². The Bertz CT molecular complexity index is 502. The molecule has 0 saturated carbocycles. The molecule has 1 aliphatic rings. The molecule has 5 heteroatoms. The van der Waals surface area contributed by atoms with Crippen LogP contribution < -0.4 is 20.5 Å². The van der Waals surface area contributed by atoms with Crippen LogP contribution in [-0.2, 0) is 11.2 Å². The minimum atomic E-state index is -0.564. The summed E-state index contributed by atoms with van der Waals surface area (Å²) in [6.07, 6.45) is 1.01. The number of fused-ring (bicyclic) bond motifs is 1. The van der Waals surface area contributed by atoms with Crippen LogP contribution >= 0.6 is 0 Å². The van der Waals surface area contributed by atoms with Crippen LogP contribution in [0.1, 0.15) is 37.9 Å². The quantitative estimate of drug-likeness (QED) is 0.828. The van der Waals surface area contributed by atoms with E-state index in [4.69, 9.17) is 15.2 Å². The number of benzene rings is 1. The SMILES string of the molecule is CCNC(C(N)=O)c1cc2c(cc1OCC)CC(C)O2. The number of nitrogens with one attached hydrogen (secondary N) is 1. The molecule has 1 aliphatic heterocycles. The standard InChI is InChI=1S/C15H22N2O3/c1-4-17-14(15(16)18)11-8-12-10(6-9(3)20-12)7-13(11)19-5-2/h7-9,14,17H,4-6H2,1-3H3,(H2,16,18). The molecule has 0 saturated heterocycles. The van der Waals surface area contributed by atoms with Crippen LogP contribution in [0.25, 0.3) is 0 Å². The molecule has 0 aromatic heterocycles. The average molecular weight is 278 g/mol. The lowest BCUT2D eigenvalue weighted by Gasteiger charge is -2.19. The summed E-state index contributed by atoms with van der Waals surface area (Å²) in [4.78, 5) is 11.7. The molecular weight excluding hydrogens is 256 g/mol. The van der Waals surface area contributed by atoms with Crippen molar-refractivity contribution in [3.8, 4) is 11.5 Å². The van der Waals surface area contributed by atoms with E-state index >= 15 is 0 Å². The van der Waals surface area contributed by atoms with Gasteiger partial charge in [0, 0.05) is 17.5 Å². The van der Waals surface area contributed by atoms with Gasteiger partial charge in [-0.3, -0.25) is 4.79 Å². The van der Waals surface area contributed by atoms with Crippen molar-refractivity contribution in [3.05, 3.63) is 23.3 Å². The smallest absolute Gasteiger partial charge is 0.239 e. The van der Waals surface area contributed by atoms with Crippen LogP contribution in [0.4, 0.5) is 0 Å². The lowest BCUT2D eigenvalue weighted by Crippen LogP contribution is -2.33. The van der Waals surface area contributed by atoms with Crippen molar-refractivity contribution < 1.29 is 14.3 Å². The number of primary amides is 1. The van der Waals surface area contributed by atoms with Gasteiger partial charge >= 0.3 is 0 Å². The van der Waals surface area contributed by atoms with E-state index in [1.54, 1.807) is 0 Å². The summed E-state index contributed by atoms with van der Waals surface area (Å²) in [5, 5.41) is 3.09. The fourth-order valence-electron chi connectivity index (χ4n) is 2.53. The van der Waals surface area contributed by atoms with Crippen molar-refractivity contribution in [2.45, 2.75) is 39.3 Å². The van der Waals surface area contributed by atoms with Crippen LogP contribution in [0.2, 0.25) is 0 Å². The summed E-state index contributed by atoms with van der Waals surface area (Å²) in [5.74, 6) is 1.10. The third-order valence-corrected chi connectivity index (χ3v) is 3.33. The maximum atomic E-state index is 11.7. The summed E-state index contributed by atoms with van der Waals surface area (Å²) < 4.78 is 11.4. The number of carbonyl (C=O) groups excluding carboxylic acids is 1. The molecule has 0 spiro atoms. The maximum Gasteiger partial charge on any atom is 0.239 e. The molecule has 110 valence electrons. The summed E-state index contributed by atoms with van der Waals surface area (Å²) in [7, 11) is 0. The predicted molar refractivity (Wildman–Crippen MR) is 77.0 cm³/mol. The number of amides is 1. The molecule has 3 N–H and O–H groups in total. The van der Waals surface area contributed by atoms with E-state index in [0.29, 0.717) is 18.9 Å². The normalized spacial score (nSPS) is 18.2. The molecule has 0 aliphatic carbocycles. The van der Waals surface area contributed by atoms with Gasteiger partial charge in [0.05, 0.1) is 6.61 Å². The molecule has 2 unspecified atom stereocenters. The molecule has 0 radical (unpaired) electrons. The van der Waals surface area contributed by atoms with Crippen molar-refractivity contribution in [3.63, 3.8) is 0 Å². The average Bonchev–Trinajstić information content (AvgIpc) is 2.74. The molecule has 0 bridgehead atoms. The summed E-state index contributed by atoms with van der Waals surface area (Å²) in [6, 6.07) is 3.28. The second kappa shape index (κ2) is 6.13. The van der Waals surface area contributed by atoms with Gasteiger partial charge in [-0.15, -0.1) is 0 Å². The van der Waals surface area contributed by atoms with E-state index in [-0.39, 0.29) is 6.10 Å². The van der Waals surface area contributed by atoms with Crippen molar-refractivity contribution in [2.24, 2.45) is 5.73 Å². The molecule has 1 aromatic carbocycles. The highest BCUT2D eigenvalue weighted by molar-refractivity contribution is 5.82. The molecule has 5 nitrogen and oxygen atoms in total. The van der Waals surface area contributed by atoms with Gasteiger partial charge in [-0.2, -0.15) is 0 Å². The highest BCUT2D eigenvalue weighted by Gasteiger charge is 2.27. The number of ether oxygens (including phenoxy) is 2. The van der Waals surface area contributed by atoms with Gasteiger partial charge in [-0.25, -0.2) is 0 Å². The zero-order chi connectivity index (χ0) is 14.7. The first-order chi connectivity index (χ1) is 9.56. The molecule has 1 aromatic rings. The Balaban J connectivity index is 2.44. The minimum Gasteiger partial charge on any atom is -0.494 e. The van der Waals surface area contributed by atoms with Gasteiger partial charge in [0.2, 0.25) is 5.91 Å². The second-order valence-electron chi connectivity index (χ2n) is 4.96. The van der Waals surface area contributed by atoms with Crippen LogP contribution in [0, 0.1) is 0 Å². The van der Waals surface area contributed by atoms with Gasteiger partial charge in [0.15, 0.2) is 0 Å². The van der Waals surface area contributed by atoms with E-state index in [0.717, 1.165) is 23.3 Å². The molecule has 2 atom stereocenters.